The van der Waals surface area contributed by atoms with Gasteiger partial charge in [-0.25, -0.2) is 9.78 Å². The summed E-state index contributed by atoms with van der Waals surface area (Å²) in [5.41, 5.74) is -0.605. The maximum atomic E-state index is 12.6. The van der Waals surface area contributed by atoms with E-state index in [1.807, 2.05) is 0 Å². The summed E-state index contributed by atoms with van der Waals surface area (Å²) < 4.78 is 37.7. The number of aromatic nitrogens is 1. The predicted molar refractivity (Wildman–Crippen MR) is 61.6 cm³/mol. The summed E-state index contributed by atoms with van der Waals surface area (Å²) >= 11 is 0. The number of aromatic carboxylic acids is 1. The number of carboxylic acids is 1. The number of nitrogens with zero attached hydrogens (tertiary/aromatic N) is 1. The van der Waals surface area contributed by atoms with Crippen LogP contribution in [0.1, 0.15) is 16.1 Å². The van der Waals surface area contributed by atoms with E-state index >= 15 is 0 Å². The number of alkyl halides is 3. The summed E-state index contributed by atoms with van der Waals surface area (Å²) in [6, 6.07) is 8.77. The van der Waals surface area contributed by atoms with E-state index in [9.17, 15) is 18.0 Å². The lowest BCUT2D eigenvalue weighted by Crippen LogP contribution is -2.05. The Morgan fingerprint density at radius 3 is 2.42 bits per heavy atom. The molecule has 0 spiro atoms. The predicted octanol–water partition coefficient (Wildman–Crippen LogP) is 3.47. The van der Waals surface area contributed by atoms with E-state index < -0.39 is 17.7 Å². The van der Waals surface area contributed by atoms with Crippen LogP contribution in [0.15, 0.2) is 42.5 Å². The van der Waals surface area contributed by atoms with Crippen molar-refractivity contribution in [2.24, 2.45) is 0 Å². The maximum Gasteiger partial charge on any atom is 0.416 e. The third-order valence-electron chi connectivity index (χ3n) is 2.45. The van der Waals surface area contributed by atoms with Crippen molar-refractivity contribution in [3.05, 3.63) is 53.7 Å². The second-order valence-corrected chi connectivity index (χ2v) is 3.79. The van der Waals surface area contributed by atoms with Gasteiger partial charge in [-0.1, -0.05) is 18.2 Å². The molecule has 3 nitrogen and oxygen atoms in total. The number of hydrogen-bond donors (Lipinski definition) is 1. The SMILES string of the molecule is O=C(O)c1cccc(-c2cccc(C(F)(F)F)c2)n1. The van der Waals surface area contributed by atoms with Crippen LogP contribution in [0, 0.1) is 0 Å². The monoisotopic (exact) mass is 267 g/mol. The van der Waals surface area contributed by atoms with E-state index in [0.717, 1.165) is 12.1 Å². The Morgan fingerprint density at radius 1 is 1.11 bits per heavy atom. The fraction of sp³-hybridized carbons (Fsp3) is 0.0769. The fourth-order valence-electron chi connectivity index (χ4n) is 1.57. The highest BCUT2D eigenvalue weighted by molar-refractivity contribution is 5.86. The first-order valence-corrected chi connectivity index (χ1v) is 5.26. The highest BCUT2D eigenvalue weighted by Gasteiger charge is 2.30. The maximum absolute atomic E-state index is 12.6. The van der Waals surface area contributed by atoms with Crippen molar-refractivity contribution in [1.82, 2.24) is 4.98 Å². The van der Waals surface area contributed by atoms with E-state index in [2.05, 4.69) is 4.98 Å². The van der Waals surface area contributed by atoms with Crippen molar-refractivity contribution in [3.8, 4) is 11.3 Å². The Balaban J connectivity index is 2.48. The highest BCUT2D eigenvalue weighted by atomic mass is 19.4. The van der Waals surface area contributed by atoms with Crippen molar-refractivity contribution in [2.45, 2.75) is 6.18 Å². The molecule has 98 valence electrons. The van der Waals surface area contributed by atoms with E-state index in [0.29, 0.717) is 0 Å². The number of rotatable bonds is 2. The fourth-order valence-corrected chi connectivity index (χ4v) is 1.57. The topological polar surface area (TPSA) is 50.2 Å². The van der Waals surface area contributed by atoms with Gasteiger partial charge in [0.25, 0.3) is 0 Å². The molecule has 1 aromatic carbocycles. The number of hydrogen-bond acceptors (Lipinski definition) is 2. The summed E-state index contributed by atoms with van der Waals surface area (Å²) in [5, 5.41) is 8.80. The lowest BCUT2D eigenvalue weighted by Gasteiger charge is -2.08. The second kappa shape index (κ2) is 4.72. The van der Waals surface area contributed by atoms with Crippen molar-refractivity contribution < 1.29 is 23.1 Å². The minimum absolute atomic E-state index is 0.186. The Labute approximate surface area is 106 Å². The van der Waals surface area contributed by atoms with E-state index in [-0.39, 0.29) is 17.0 Å². The zero-order valence-electron chi connectivity index (χ0n) is 9.48. The van der Waals surface area contributed by atoms with Crippen molar-refractivity contribution >= 4 is 5.97 Å². The van der Waals surface area contributed by atoms with Crippen LogP contribution in [0.25, 0.3) is 11.3 Å². The van der Waals surface area contributed by atoms with E-state index in [1.165, 1.54) is 30.3 Å². The van der Waals surface area contributed by atoms with Crippen LogP contribution < -0.4 is 0 Å². The molecule has 1 aromatic heterocycles. The molecule has 0 radical (unpaired) electrons. The quantitative estimate of drug-likeness (QED) is 0.906. The molecule has 1 N–H and O–H groups in total. The van der Waals surface area contributed by atoms with Crippen LogP contribution in [0.3, 0.4) is 0 Å². The third-order valence-corrected chi connectivity index (χ3v) is 2.45. The van der Waals surface area contributed by atoms with E-state index in [4.69, 9.17) is 5.11 Å². The van der Waals surface area contributed by atoms with Gasteiger partial charge in [-0.15, -0.1) is 0 Å². The van der Waals surface area contributed by atoms with Crippen LogP contribution in [0.2, 0.25) is 0 Å². The first-order valence-electron chi connectivity index (χ1n) is 5.26. The zero-order chi connectivity index (χ0) is 14.0. The van der Waals surface area contributed by atoms with Gasteiger partial charge in [0, 0.05) is 5.56 Å². The molecule has 0 bridgehead atoms. The molecule has 0 unspecified atom stereocenters. The Hall–Kier alpha value is -2.37. The van der Waals surface area contributed by atoms with Crippen LogP contribution in [-0.4, -0.2) is 16.1 Å². The van der Waals surface area contributed by atoms with Gasteiger partial charge in [-0.3, -0.25) is 0 Å². The standard InChI is InChI=1S/C13H8F3NO2/c14-13(15,16)9-4-1-3-8(7-9)10-5-2-6-11(17-10)12(18)19/h1-7H,(H,18,19). The lowest BCUT2D eigenvalue weighted by molar-refractivity contribution is -0.137. The van der Waals surface area contributed by atoms with Gasteiger partial charge in [0.2, 0.25) is 0 Å². The molecule has 1 heterocycles. The normalized spacial score (nSPS) is 11.3. The highest BCUT2D eigenvalue weighted by Crippen LogP contribution is 2.31. The zero-order valence-corrected chi connectivity index (χ0v) is 9.48. The van der Waals surface area contributed by atoms with Gasteiger partial charge in [0.1, 0.15) is 5.69 Å². The number of benzene rings is 1. The lowest BCUT2D eigenvalue weighted by atomic mass is 10.1. The summed E-state index contributed by atoms with van der Waals surface area (Å²) in [5.74, 6) is -1.23. The molecule has 19 heavy (non-hydrogen) atoms. The molecule has 0 aliphatic carbocycles. The molecule has 0 aliphatic rings. The smallest absolute Gasteiger partial charge is 0.416 e. The number of carboxylic acid groups (broad SMARTS) is 1. The van der Waals surface area contributed by atoms with Gasteiger partial charge in [-0.2, -0.15) is 13.2 Å². The minimum Gasteiger partial charge on any atom is -0.477 e. The van der Waals surface area contributed by atoms with Crippen LogP contribution in [0.5, 0.6) is 0 Å². The van der Waals surface area contributed by atoms with Gasteiger partial charge >= 0.3 is 12.1 Å². The van der Waals surface area contributed by atoms with Gasteiger partial charge in [0.15, 0.2) is 0 Å². The Bertz CT molecular complexity index is 623. The number of pyridine rings is 1. The summed E-state index contributed by atoms with van der Waals surface area (Å²) in [6.45, 7) is 0. The van der Waals surface area contributed by atoms with Crippen LogP contribution >= 0.6 is 0 Å². The summed E-state index contributed by atoms with van der Waals surface area (Å²) in [6.07, 6.45) is -4.44. The van der Waals surface area contributed by atoms with Crippen molar-refractivity contribution in [1.29, 1.82) is 0 Å². The average Bonchev–Trinajstić information content (AvgIpc) is 2.38. The molecule has 2 aromatic rings. The number of halogens is 3. The van der Waals surface area contributed by atoms with Crippen molar-refractivity contribution in [2.75, 3.05) is 0 Å². The molecule has 0 amide bonds. The van der Waals surface area contributed by atoms with Gasteiger partial charge in [-0.05, 0) is 24.3 Å². The van der Waals surface area contributed by atoms with Gasteiger partial charge < -0.3 is 5.11 Å². The first-order chi connectivity index (χ1) is 8.88. The van der Waals surface area contributed by atoms with Crippen molar-refractivity contribution in [3.63, 3.8) is 0 Å². The molecule has 0 saturated heterocycles. The minimum atomic E-state index is -4.44. The van der Waals surface area contributed by atoms with E-state index in [1.54, 1.807) is 0 Å². The van der Waals surface area contributed by atoms with Crippen LogP contribution in [0.4, 0.5) is 13.2 Å². The molecule has 2 rings (SSSR count). The molecule has 0 atom stereocenters. The summed E-state index contributed by atoms with van der Waals surface area (Å²) in [4.78, 5) is 14.6. The molecule has 0 fully saturated rings. The summed E-state index contributed by atoms with van der Waals surface area (Å²) in [7, 11) is 0. The molecular formula is C13H8F3NO2. The Kier molecular flexibility index (Phi) is 3.25. The Morgan fingerprint density at radius 2 is 1.79 bits per heavy atom. The molecular weight excluding hydrogens is 259 g/mol. The van der Waals surface area contributed by atoms with Gasteiger partial charge in [0.05, 0.1) is 11.3 Å². The third kappa shape index (κ3) is 2.90. The first kappa shape index (κ1) is 13.1. The largest absolute Gasteiger partial charge is 0.477 e. The van der Waals surface area contributed by atoms with Crippen LogP contribution in [-0.2, 0) is 6.18 Å². The number of carbonyl (C=O) groups is 1. The molecule has 6 heteroatoms. The molecule has 0 saturated carbocycles. The molecule has 0 aliphatic heterocycles. The second-order valence-electron chi connectivity index (χ2n) is 3.79. The average molecular weight is 267 g/mol.